The van der Waals surface area contributed by atoms with Gasteiger partial charge in [0.15, 0.2) is 0 Å². The van der Waals surface area contributed by atoms with Crippen molar-refractivity contribution < 1.29 is 24.2 Å². The highest BCUT2D eigenvalue weighted by molar-refractivity contribution is 5.93. The van der Waals surface area contributed by atoms with Gasteiger partial charge in [-0.3, -0.25) is 4.79 Å². The van der Waals surface area contributed by atoms with E-state index in [2.05, 4.69) is 29.6 Å². The van der Waals surface area contributed by atoms with E-state index in [1.54, 1.807) is 7.05 Å². The van der Waals surface area contributed by atoms with Crippen LogP contribution in [-0.4, -0.2) is 53.7 Å². The van der Waals surface area contributed by atoms with Crippen molar-refractivity contribution in [2.75, 3.05) is 20.2 Å². The van der Waals surface area contributed by atoms with Gasteiger partial charge in [0.05, 0.1) is 5.41 Å². The normalized spacial score (nSPS) is 18.8. The number of rotatable bonds is 7. The lowest BCUT2D eigenvalue weighted by Crippen LogP contribution is -2.50. The van der Waals surface area contributed by atoms with Crippen LogP contribution < -0.4 is 5.32 Å². The molecule has 0 spiro atoms. The van der Waals surface area contributed by atoms with Gasteiger partial charge in [-0.15, -0.1) is 0 Å². The van der Waals surface area contributed by atoms with Crippen LogP contribution in [0, 0.1) is 5.41 Å². The van der Waals surface area contributed by atoms with Crippen molar-refractivity contribution in [2.24, 2.45) is 5.41 Å². The lowest BCUT2D eigenvalue weighted by molar-refractivity contribution is -0.153. The fourth-order valence-electron chi connectivity index (χ4n) is 4.87. The maximum atomic E-state index is 12.9. The quantitative estimate of drug-likeness (QED) is 0.697. The van der Waals surface area contributed by atoms with Crippen LogP contribution in [0.1, 0.15) is 42.7 Å². The van der Waals surface area contributed by atoms with E-state index in [0.717, 1.165) is 22.3 Å². The molecule has 3 aliphatic rings. The summed E-state index contributed by atoms with van der Waals surface area (Å²) in [5, 5.41) is 12.2. The minimum absolute atomic E-state index is 0.0268. The first-order chi connectivity index (χ1) is 15.4. The van der Waals surface area contributed by atoms with E-state index in [9.17, 15) is 19.5 Å². The van der Waals surface area contributed by atoms with Gasteiger partial charge < -0.3 is 20.1 Å². The second kappa shape index (κ2) is 7.36. The Labute approximate surface area is 186 Å². The van der Waals surface area contributed by atoms with Gasteiger partial charge in [-0.1, -0.05) is 48.5 Å². The number of ether oxygens (including phenoxy) is 1. The smallest absolute Gasteiger partial charge is 0.407 e. The van der Waals surface area contributed by atoms with Crippen LogP contribution in [0.3, 0.4) is 0 Å². The van der Waals surface area contributed by atoms with Gasteiger partial charge in [-0.2, -0.15) is 0 Å². The van der Waals surface area contributed by atoms with E-state index in [0.29, 0.717) is 25.7 Å². The standard InChI is InChI=1S/C25H26N2O5/c1-27(25(12-13-25)22(29)30)21(28)24(10-11-24)15-26-23(31)32-14-20-18-8-4-2-6-16(18)17-7-3-5-9-19(17)20/h2-9,20H,10-15H2,1H3,(H,26,31)(H,29,30). The third-order valence-electron chi connectivity index (χ3n) is 7.29. The number of carbonyl (C=O) groups is 3. The van der Waals surface area contributed by atoms with Crippen LogP contribution in [0.5, 0.6) is 0 Å². The molecule has 2 amide bonds. The molecule has 2 fully saturated rings. The molecule has 2 saturated carbocycles. The summed E-state index contributed by atoms with van der Waals surface area (Å²) in [6.45, 7) is 0.366. The molecular formula is C25H26N2O5. The van der Waals surface area contributed by atoms with Gasteiger partial charge in [0.2, 0.25) is 5.91 Å². The molecule has 7 nitrogen and oxygen atoms in total. The van der Waals surface area contributed by atoms with Gasteiger partial charge in [0.1, 0.15) is 12.1 Å². The van der Waals surface area contributed by atoms with E-state index < -0.39 is 23.0 Å². The van der Waals surface area contributed by atoms with Crippen LogP contribution in [0.25, 0.3) is 11.1 Å². The molecule has 5 rings (SSSR count). The number of aliphatic carboxylic acids is 1. The highest BCUT2D eigenvalue weighted by Crippen LogP contribution is 2.51. The van der Waals surface area contributed by atoms with Gasteiger partial charge in [0, 0.05) is 19.5 Å². The predicted octanol–water partition coefficient (Wildman–Crippen LogP) is 3.38. The number of benzene rings is 2. The summed E-state index contributed by atoms with van der Waals surface area (Å²) in [6.07, 6.45) is 1.65. The van der Waals surface area contributed by atoms with Gasteiger partial charge in [0.25, 0.3) is 0 Å². The van der Waals surface area contributed by atoms with Crippen LogP contribution in [0.15, 0.2) is 48.5 Å². The molecular weight excluding hydrogens is 408 g/mol. The Morgan fingerprint density at radius 2 is 1.56 bits per heavy atom. The Balaban J connectivity index is 1.20. The first-order valence-electron chi connectivity index (χ1n) is 11.0. The number of carbonyl (C=O) groups excluding carboxylic acids is 2. The Morgan fingerprint density at radius 3 is 2.06 bits per heavy atom. The number of likely N-dealkylation sites (N-methyl/N-ethyl adjacent to an activating group) is 1. The number of nitrogens with one attached hydrogen (secondary N) is 1. The Kier molecular flexibility index (Phi) is 4.73. The molecule has 0 heterocycles. The first-order valence-corrected chi connectivity index (χ1v) is 11.0. The van der Waals surface area contributed by atoms with Crippen molar-refractivity contribution in [2.45, 2.75) is 37.1 Å². The van der Waals surface area contributed by atoms with Crippen LogP contribution in [0.4, 0.5) is 4.79 Å². The van der Waals surface area contributed by atoms with E-state index in [1.165, 1.54) is 4.90 Å². The molecule has 0 atom stereocenters. The number of alkyl carbamates (subject to hydrolysis) is 1. The van der Waals surface area contributed by atoms with Crippen molar-refractivity contribution in [3.8, 4) is 11.1 Å². The average Bonchev–Trinajstić information content (AvgIpc) is 3.72. The highest BCUT2D eigenvalue weighted by Gasteiger charge is 2.61. The molecule has 7 heteroatoms. The molecule has 0 aliphatic heterocycles. The summed E-state index contributed by atoms with van der Waals surface area (Å²) in [4.78, 5) is 38.3. The molecule has 0 aromatic heterocycles. The van der Waals surface area contributed by atoms with E-state index in [1.807, 2.05) is 24.3 Å². The Morgan fingerprint density at radius 1 is 1.00 bits per heavy atom. The highest BCUT2D eigenvalue weighted by atomic mass is 16.5. The van der Waals surface area contributed by atoms with Crippen molar-refractivity contribution in [3.63, 3.8) is 0 Å². The second-order valence-corrected chi connectivity index (χ2v) is 9.16. The minimum atomic E-state index is -1.07. The van der Waals surface area contributed by atoms with E-state index >= 15 is 0 Å². The minimum Gasteiger partial charge on any atom is -0.479 e. The zero-order chi connectivity index (χ0) is 22.5. The van der Waals surface area contributed by atoms with Gasteiger partial charge >= 0.3 is 12.1 Å². The molecule has 0 radical (unpaired) electrons. The van der Waals surface area contributed by atoms with Crippen molar-refractivity contribution >= 4 is 18.0 Å². The topological polar surface area (TPSA) is 95.9 Å². The number of hydrogen-bond donors (Lipinski definition) is 2. The van der Waals surface area contributed by atoms with Crippen molar-refractivity contribution in [1.29, 1.82) is 0 Å². The molecule has 3 aliphatic carbocycles. The third kappa shape index (κ3) is 3.23. The van der Waals surface area contributed by atoms with Crippen LogP contribution >= 0.6 is 0 Å². The molecule has 32 heavy (non-hydrogen) atoms. The summed E-state index contributed by atoms with van der Waals surface area (Å²) in [7, 11) is 1.55. The fraction of sp³-hybridized carbons (Fsp3) is 0.400. The van der Waals surface area contributed by atoms with Crippen LogP contribution in [0.2, 0.25) is 0 Å². The number of hydrogen-bond acceptors (Lipinski definition) is 4. The zero-order valence-electron chi connectivity index (χ0n) is 18.0. The summed E-state index contributed by atoms with van der Waals surface area (Å²) in [5.74, 6) is -1.20. The molecule has 2 aromatic carbocycles. The summed E-state index contributed by atoms with van der Waals surface area (Å²) >= 11 is 0. The maximum Gasteiger partial charge on any atom is 0.407 e. The van der Waals surface area contributed by atoms with E-state index in [-0.39, 0.29) is 25.0 Å². The zero-order valence-corrected chi connectivity index (χ0v) is 18.0. The summed E-state index contributed by atoms with van der Waals surface area (Å²) < 4.78 is 5.55. The SMILES string of the molecule is CN(C(=O)C1(CNC(=O)OCC2c3ccccc3-c3ccccc32)CC1)C1(C(=O)O)CC1. The van der Waals surface area contributed by atoms with Crippen molar-refractivity contribution in [3.05, 3.63) is 59.7 Å². The number of carboxylic acid groups (broad SMARTS) is 1. The Hall–Kier alpha value is -3.35. The van der Waals surface area contributed by atoms with Gasteiger partial charge in [-0.25, -0.2) is 9.59 Å². The summed E-state index contributed by atoms with van der Waals surface area (Å²) in [5.41, 5.74) is 2.81. The molecule has 2 N–H and O–H groups in total. The number of nitrogens with zero attached hydrogens (tertiary/aromatic N) is 1. The predicted molar refractivity (Wildman–Crippen MR) is 117 cm³/mol. The molecule has 0 bridgehead atoms. The lowest BCUT2D eigenvalue weighted by Gasteiger charge is -2.29. The van der Waals surface area contributed by atoms with E-state index in [4.69, 9.17) is 4.74 Å². The third-order valence-corrected chi connectivity index (χ3v) is 7.29. The molecule has 2 aromatic rings. The van der Waals surface area contributed by atoms with Crippen LogP contribution in [-0.2, 0) is 14.3 Å². The number of fused-ring (bicyclic) bond motifs is 3. The fourth-order valence-corrected chi connectivity index (χ4v) is 4.87. The first kappa shape index (κ1) is 20.5. The second-order valence-electron chi connectivity index (χ2n) is 9.16. The lowest BCUT2D eigenvalue weighted by atomic mass is 9.98. The number of amides is 2. The molecule has 166 valence electrons. The number of carboxylic acids is 1. The van der Waals surface area contributed by atoms with Crippen molar-refractivity contribution in [1.82, 2.24) is 10.2 Å². The summed E-state index contributed by atoms with van der Waals surface area (Å²) in [6, 6.07) is 16.3. The maximum absolute atomic E-state index is 12.9. The largest absolute Gasteiger partial charge is 0.479 e. The molecule has 0 saturated heterocycles. The monoisotopic (exact) mass is 434 g/mol. The van der Waals surface area contributed by atoms with Gasteiger partial charge in [-0.05, 0) is 47.9 Å². The molecule has 0 unspecified atom stereocenters. The Bertz CT molecular complexity index is 1060. The average molecular weight is 434 g/mol.